The second kappa shape index (κ2) is 43.8. The van der Waals surface area contributed by atoms with Crippen LogP contribution in [0.1, 0.15) is 168 Å². The Morgan fingerprint density at radius 3 is 1.20 bits per heavy atom. The minimum Gasteiger partial charge on any atom is -0.462 e. The van der Waals surface area contributed by atoms with Gasteiger partial charge in [0.25, 0.3) is 0 Å². The molecule has 0 aliphatic rings. The van der Waals surface area contributed by atoms with Crippen molar-refractivity contribution in [1.82, 2.24) is 0 Å². The molecule has 0 aliphatic heterocycles. The third kappa shape index (κ3) is 41.2. The minimum absolute atomic E-state index is 0.143. The molecule has 0 aromatic heterocycles. The van der Waals surface area contributed by atoms with Crippen molar-refractivity contribution >= 4 is 17.9 Å². The lowest BCUT2D eigenvalue weighted by Crippen LogP contribution is -2.30. The Morgan fingerprint density at radius 2 is 0.732 bits per heavy atom. The van der Waals surface area contributed by atoms with Crippen LogP contribution in [-0.4, -0.2) is 37.2 Å². The van der Waals surface area contributed by atoms with Crippen LogP contribution >= 0.6 is 0 Å². The highest BCUT2D eigenvalue weighted by molar-refractivity contribution is 5.71. The molecule has 0 amide bonds. The summed E-state index contributed by atoms with van der Waals surface area (Å²) in [7, 11) is 0. The fourth-order valence-corrected chi connectivity index (χ4v) is 5.28. The number of hydrogen-bond acceptors (Lipinski definition) is 6. The Balaban J connectivity index is 4.60. The van der Waals surface area contributed by atoms with Crippen molar-refractivity contribution in [3.05, 3.63) is 109 Å². The first-order valence-corrected chi connectivity index (χ1v) is 21.9. The molecular weight excluding hydrogens is 697 g/mol. The summed E-state index contributed by atoms with van der Waals surface area (Å²) in [5.74, 6) is -1.15. The normalized spacial score (nSPS) is 13.1. The highest BCUT2D eigenvalue weighted by atomic mass is 16.6. The van der Waals surface area contributed by atoms with Gasteiger partial charge < -0.3 is 14.2 Å². The maximum absolute atomic E-state index is 12.7. The third-order valence-corrected chi connectivity index (χ3v) is 8.52. The van der Waals surface area contributed by atoms with Crippen LogP contribution in [0.15, 0.2) is 109 Å². The first kappa shape index (κ1) is 52.1. The zero-order chi connectivity index (χ0) is 40.8. The Kier molecular flexibility index (Phi) is 40.7. The lowest BCUT2D eigenvalue weighted by molar-refractivity contribution is -0.166. The average Bonchev–Trinajstić information content (AvgIpc) is 3.19. The quantitative estimate of drug-likeness (QED) is 0.0271. The van der Waals surface area contributed by atoms with Crippen LogP contribution in [0.2, 0.25) is 0 Å². The van der Waals surface area contributed by atoms with Crippen molar-refractivity contribution in [2.24, 2.45) is 0 Å². The zero-order valence-electron chi connectivity index (χ0n) is 35.6. The van der Waals surface area contributed by atoms with Gasteiger partial charge in [0, 0.05) is 19.3 Å². The summed E-state index contributed by atoms with van der Waals surface area (Å²) in [5.41, 5.74) is 0. The van der Waals surface area contributed by atoms with Crippen LogP contribution in [0.5, 0.6) is 0 Å². The molecule has 0 spiro atoms. The maximum atomic E-state index is 12.7. The Labute approximate surface area is 342 Å². The number of esters is 3. The fourth-order valence-electron chi connectivity index (χ4n) is 5.28. The number of ether oxygens (including phenoxy) is 3. The van der Waals surface area contributed by atoms with Gasteiger partial charge in [0.05, 0.1) is 0 Å². The summed E-state index contributed by atoms with van der Waals surface area (Å²) in [6, 6.07) is 0. The molecule has 6 heteroatoms. The summed E-state index contributed by atoms with van der Waals surface area (Å²) in [6.07, 6.45) is 58.2. The number of carbonyl (C=O) groups excluding carboxylic acids is 3. The molecule has 1 atom stereocenters. The van der Waals surface area contributed by atoms with E-state index in [1.165, 1.54) is 38.5 Å². The van der Waals surface area contributed by atoms with Crippen molar-refractivity contribution in [2.75, 3.05) is 13.2 Å². The van der Waals surface area contributed by atoms with Gasteiger partial charge in [0.1, 0.15) is 13.2 Å². The molecule has 314 valence electrons. The summed E-state index contributed by atoms with van der Waals surface area (Å²) in [6.45, 7) is 6.20. The van der Waals surface area contributed by atoms with E-state index in [9.17, 15) is 14.4 Å². The standard InChI is InChI=1S/C50H78O6/c1-4-7-10-13-16-19-21-23-24-25-27-28-31-34-37-40-43-49(52)55-46-47(45-54-48(51)42-39-36-33-30-18-15-12-9-6-3)56-50(53)44-41-38-35-32-29-26-22-20-17-14-11-8-5-2/h7,9-10,12,16,18-19,23-24,26-30,34-35,37-38,47H,4-6,8,11,13-15,17,20-22,25,31-33,36,39-46H2,1-3H3/b10-7-,12-9-,19-16-,24-23-,28-27-,29-26-,30-18-,37-34-,38-35-. The van der Waals surface area contributed by atoms with E-state index in [1.807, 2.05) is 18.2 Å². The Hall–Kier alpha value is -3.93. The van der Waals surface area contributed by atoms with E-state index < -0.39 is 12.1 Å². The fraction of sp³-hybridized carbons (Fsp3) is 0.580. The molecule has 0 rings (SSSR count). The van der Waals surface area contributed by atoms with Crippen molar-refractivity contribution in [1.29, 1.82) is 0 Å². The third-order valence-electron chi connectivity index (χ3n) is 8.52. The van der Waals surface area contributed by atoms with Gasteiger partial charge in [-0.25, -0.2) is 0 Å². The molecule has 0 saturated heterocycles. The smallest absolute Gasteiger partial charge is 0.306 e. The van der Waals surface area contributed by atoms with Gasteiger partial charge in [-0.15, -0.1) is 0 Å². The molecule has 0 saturated carbocycles. The summed E-state index contributed by atoms with van der Waals surface area (Å²) in [4.78, 5) is 37.6. The second-order valence-electron chi connectivity index (χ2n) is 13.8. The van der Waals surface area contributed by atoms with Crippen molar-refractivity contribution in [3.63, 3.8) is 0 Å². The van der Waals surface area contributed by atoms with Crippen molar-refractivity contribution < 1.29 is 28.6 Å². The highest BCUT2D eigenvalue weighted by Crippen LogP contribution is 2.09. The van der Waals surface area contributed by atoms with E-state index in [0.29, 0.717) is 19.3 Å². The first-order chi connectivity index (χ1) is 27.5. The Bertz CT molecular complexity index is 1210. The predicted molar refractivity (Wildman–Crippen MR) is 237 cm³/mol. The van der Waals surface area contributed by atoms with Crippen molar-refractivity contribution in [2.45, 2.75) is 175 Å². The lowest BCUT2D eigenvalue weighted by atomic mass is 10.1. The second-order valence-corrected chi connectivity index (χ2v) is 13.8. The van der Waals surface area contributed by atoms with Gasteiger partial charge in [0.2, 0.25) is 0 Å². The van der Waals surface area contributed by atoms with E-state index >= 15 is 0 Å². The summed E-state index contributed by atoms with van der Waals surface area (Å²) >= 11 is 0. The van der Waals surface area contributed by atoms with Gasteiger partial charge in [-0.1, -0.05) is 162 Å². The van der Waals surface area contributed by atoms with Crippen LogP contribution in [0.25, 0.3) is 0 Å². The maximum Gasteiger partial charge on any atom is 0.306 e. The van der Waals surface area contributed by atoms with Crippen LogP contribution in [-0.2, 0) is 28.6 Å². The number of unbranched alkanes of at least 4 members (excludes halogenated alkanes) is 8. The SMILES string of the molecule is CC/C=C\C/C=C\C/C=C\C/C=C\C/C=C\CCC(=O)OCC(COC(=O)CCCC/C=C\C/C=C\CC)OC(=O)CC/C=C\C/C=C\CCCCCCCC. The van der Waals surface area contributed by atoms with Gasteiger partial charge in [-0.2, -0.15) is 0 Å². The number of hydrogen-bond donors (Lipinski definition) is 0. The molecule has 0 radical (unpaired) electrons. The molecule has 1 unspecified atom stereocenters. The van der Waals surface area contributed by atoms with E-state index in [-0.39, 0.29) is 44.4 Å². The van der Waals surface area contributed by atoms with Crippen LogP contribution in [0.3, 0.4) is 0 Å². The summed E-state index contributed by atoms with van der Waals surface area (Å²) < 4.78 is 16.5. The number of allylic oxidation sites excluding steroid dienone is 18. The molecular formula is C50H78O6. The highest BCUT2D eigenvalue weighted by Gasteiger charge is 2.19. The van der Waals surface area contributed by atoms with Crippen LogP contribution < -0.4 is 0 Å². The molecule has 6 nitrogen and oxygen atoms in total. The van der Waals surface area contributed by atoms with Gasteiger partial charge >= 0.3 is 17.9 Å². The molecule has 0 aliphatic carbocycles. The van der Waals surface area contributed by atoms with E-state index in [0.717, 1.165) is 70.6 Å². The largest absolute Gasteiger partial charge is 0.462 e. The molecule has 56 heavy (non-hydrogen) atoms. The van der Waals surface area contributed by atoms with Crippen molar-refractivity contribution in [3.8, 4) is 0 Å². The van der Waals surface area contributed by atoms with E-state index in [2.05, 4.69) is 112 Å². The van der Waals surface area contributed by atoms with Gasteiger partial charge in [-0.05, 0) is 96.3 Å². The average molecular weight is 775 g/mol. The zero-order valence-corrected chi connectivity index (χ0v) is 35.6. The lowest BCUT2D eigenvalue weighted by Gasteiger charge is -2.18. The van der Waals surface area contributed by atoms with E-state index in [4.69, 9.17) is 14.2 Å². The molecule has 0 heterocycles. The predicted octanol–water partition coefficient (Wildman–Crippen LogP) is 14.0. The number of rotatable bonds is 37. The summed E-state index contributed by atoms with van der Waals surface area (Å²) in [5, 5.41) is 0. The minimum atomic E-state index is -0.850. The molecule has 0 aromatic rings. The monoisotopic (exact) mass is 775 g/mol. The molecule has 0 bridgehead atoms. The molecule has 0 fully saturated rings. The first-order valence-electron chi connectivity index (χ1n) is 21.9. The van der Waals surface area contributed by atoms with E-state index in [1.54, 1.807) is 0 Å². The van der Waals surface area contributed by atoms with Crippen LogP contribution in [0.4, 0.5) is 0 Å². The van der Waals surface area contributed by atoms with Crippen LogP contribution in [0, 0.1) is 0 Å². The number of carbonyl (C=O) groups is 3. The molecule has 0 aromatic carbocycles. The topological polar surface area (TPSA) is 78.9 Å². The molecule has 0 N–H and O–H groups in total. The van der Waals surface area contributed by atoms with Gasteiger partial charge in [-0.3, -0.25) is 14.4 Å². The van der Waals surface area contributed by atoms with Gasteiger partial charge in [0.15, 0.2) is 6.10 Å². The Morgan fingerprint density at radius 1 is 0.375 bits per heavy atom.